The van der Waals surface area contributed by atoms with Crippen LogP contribution in [0.4, 0.5) is 0 Å². The molecule has 12 heteroatoms. The van der Waals surface area contributed by atoms with E-state index in [1.165, 1.54) is 21.6 Å². The molecule has 0 heterocycles. The van der Waals surface area contributed by atoms with Gasteiger partial charge in [0, 0.05) is 11.5 Å². The first-order valence-electron chi connectivity index (χ1n) is 5.43. The number of carboxylic acids is 3. The van der Waals surface area contributed by atoms with Gasteiger partial charge in [0.25, 0.3) is 0 Å². The molecule has 0 amide bonds. The summed E-state index contributed by atoms with van der Waals surface area (Å²) in [5.74, 6) is -2.86. The van der Waals surface area contributed by atoms with E-state index in [0.717, 1.165) is 0 Å². The van der Waals surface area contributed by atoms with Crippen molar-refractivity contribution < 1.29 is 34.8 Å². The summed E-state index contributed by atoms with van der Waals surface area (Å²) in [6.45, 7) is -0.505. The molecule has 0 radical (unpaired) electrons. The normalized spacial score (nSPS) is 14.3. The smallest absolute Gasteiger partial charge is 0.322 e. The van der Waals surface area contributed by atoms with E-state index >= 15 is 0 Å². The van der Waals surface area contributed by atoms with E-state index in [9.17, 15) is 14.4 Å². The van der Waals surface area contributed by atoms with Crippen LogP contribution in [0.15, 0.2) is 0 Å². The van der Waals surface area contributed by atoms with Gasteiger partial charge in [0.1, 0.15) is 18.1 Å². The summed E-state index contributed by atoms with van der Waals surface area (Å²) < 4.78 is 0. The average molecular weight is 345 g/mol. The highest BCUT2D eigenvalue weighted by Gasteiger charge is 2.14. The van der Waals surface area contributed by atoms with Crippen molar-refractivity contribution in [3.63, 3.8) is 0 Å². The summed E-state index contributed by atoms with van der Waals surface area (Å²) in [7, 11) is 2.41. The third-order valence-corrected chi connectivity index (χ3v) is 4.20. The first-order valence-corrected chi connectivity index (χ1v) is 7.92. The van der Waals surface area contributed by atoms with E-state index in [4.69, 9.17) is 37.6 Å². The molecule has 0 saturated heterocycles. The van der Waals surface area contributed by atoms with Crippen molar-refractivity contribution in [3.8, 4) is 0 Å². The van der Waals surface area contributed by atoms with E-state index in [1.807, 2.05) is 0 Å². The van der Waals surface area contributed by atoms with E-state index < -0.39 is 42.6 Å². The molecule has 0 aromatic heterocycles. The Kier molecular flexibility index (Phi) is 13.4. The van der Waals surface area contributed by atoms with Crippen molar-refractivity contribution in [2.24, 2.45) is 17.2 Å². The summed E-state index contributed by atoms with van der Waals surface area (Å²) in [5, 5.41) is 32.7. The number of aliphatic carboxylic acids is 3. The third kappa shape index (κ3) is 13.7. The maximum atomic E-state index is 10.3. The maximum Gasteiger partial charge on any atom is 0.322 e. The van der Waals surface area contributed by atoms with Gasteiger partial charge in [0.2, 0.25) is 0 Å². The van der Waals surface area contributed by atoms with Crippen LogP contribution in [0.25, 0.3) is 0 Å². The zero-order valence-corrected chi connectivity index (χ0v) is 12.5. The molecule has 0 saturated carbocycles. The molecule has 0 aliphatic heterocycles. The number of aliphatic hydroxyl groups excluding tert-OH is 1. The molecule has 0 aromatic rings. The SMILES string of the molecule is NC(CO)C(=O)O.NC(CSSCC(N)C(=O)O)C(=O)O. The van der Waals surface area contributed by atoms with Crippen molar-refractivity contribution >= 4 is 39.5 Å². The van der Waals surface area contributed by atoms with Crippen LogP contribution in [-0.4, -0.2) is 74.6 Å². The highest BCUT2D eigenvalue weighted by Crippen LogP contribution is 2.22. The minimum absolute atomic E-state index is 0.229. The van der Waals surface area contributed by atoms with Crippen LogP contribution >= 0.6 is 21.6 Å². The second kappa shape index (κ2) is 12.7. The van der Waals surface area contributed by atoms with Gasteiger partial charge in [-0.1, -0.05) is 21.6 Å². The molecule has 0 bridgehead atoms. The third-order valence-electron chi connectivity index (χ3n) is 1.73. The lowest BCUT2D eigenvalue weighted by atomic mass is 10.3. The molecule has 10 nitrogen and oxygen atoms in total. The monoisotopic (exact) mass is 345 g/mol. The van der Waals surface area contributed by atoms with Crippen LogP contribution in [-0.2, 0) is 14.4 Å². The Morgan fingerprint density at radius 1 is 0.762 bits per heavy atom. The van der Waals surface area contributed by atoms with Crippen LogP contribution in [0.1, 0.15) is 0 Å². The van der Waals surface area contributed by atoms with E-state index in [2.05, 4.69) is 0 Å². The van der Waals surface area contributed by atoms with Gasteiger partial charge in [-0.3, -0.25) is 14.4 Å². The predicted octanol–water partition coefficient (Wildman–Crippen LogP) is -2.42. The summed E-state index contributed by atoms with van der Waals surface area (Å²) in [6, 6.07) is -2.97. The number of carbonyl (C=O) groups is 3. The zero-order chi connectivity index (χ0) is 17.0. The first-order chi connectivity index (χ1) is 9.63. The maximum absolute atomic E-state index is 10.3. The lowest BCUT2D eigenvalue weighted by molar-refractivity contribution is -0.140. The summed E-state index contributed by atoms with van der Waals surface area (Å²) >= 11 is 0. The Labute approximate surface area is 128 Å². The van der Waals surface area contributed by atoms with Crippen LogP contribution in [0, 0.1) is 0 Å². The lowest BCUT2D eigenvalue weighted by Gasteiger charge is -2.07. The van der Waals surface area contributed by atoms with Gasteiger partial charge in [-0.25, -0.2) is 0 Å². The largest absolute Gasteiger partial charge is 0.480 e. The molecule has 21 heavy (non-hydrogen) atoms. The van der Waals surface area contributed by atoms with Gasteiger partial charge < -0.3 is 37.6 Å². The van der Waals surface area contributed by atoms with Crippen LogP contribution in [0.2, 0.25) is 0 Å². The number of hydrogen-bond donors (Lipinski definition) is 7. The molecule has 0 fully saturated rings. The second-order valence-electron chi connectivity index (χ2n) is 3.59. The van der Waals surface area contributed by atoms with E-state index in [-0.39, 0.29) is 11.5 Å². The molecule has 0 aliphatic rings. The molecule has 0 spiro atoms. The van der Waals surface area contributed by atoms with Crippen molar-refractivity contribution in [1.82, 2.24) is 0 Å². The molecule has 124 valence electrons. The summed E-state index contributed by atoms with van der Waals surface area (Å²) in [4.78, 5) is 30.2. The van der Waals surface area contributed by atoms with Gasteiger partial charge in [0.05, 0.1) is 6.61 Å². The van der Waals surface area contributed by atoms with Crippen molar-refractivity contribution in [3.05, 3.63) is 0 Å². The Morgan fingerprint density at radius 2 is 1.05 bits per heavy atom. The summed E-state index contributed by atoms with van der Waals surface area (Å²) in [5.41, 5.74) is 15.2. The minimum Gasteiger partial charge on any atom is -0.480 e. The second-order valence-corrected chi connectivity index (χ2v) is 6.14. The fourth-order valence-electron chi connectivity index (χ4n) is 0.464. The van der Waals surface area contributed by atoms with Gasteiger partial charge in [-0.2, -0.15) is 0 Å². The average Bonchev–Trinajstić information content (AvgIpc) is 2.42. The van der Waals surface area contributed by atoms with Crippen molar-refractivity contribution in [2.75, 3.05) is 18.1 Å². The van der Waals surface area contributed by atoms with Gasteiger partial charge in [-0.05, 0) is 0 Å². The van der Waals surface area contributed by atoms with Gasteiger partial charge in [-0.15, -0.1) is 0 Å². The fourth-order valence-corrected chi connectivity index (χ4v) is 2.69. The van der Waals surface area contributed by atoms with Crippen LogP contribution < -0.4 is 17.2 Å². The Bertz CT molecular complexity index is 323. The highest BCUT2D eigenvalue weighted by atomic mass is 33.1. The molecular weight excluding hydrogens is 326 g/mol. The van der Waals surface area contributed by atoms with Crippen LogP contribution in [0.3, 0.4) is 0 Å². The number of hydrogen-bond acceptors (Lipinski definition) is 9. The number of carboxylic acid groups (broad SMARTS) is 3. The molecule has 0 rings (SSSR count). The molecule has 3 unspecified atom stereocenters. The van der Waals surface area contributed by atoms with E-state index in [0.29, 0.717) is 0 Å². The fraction of sp³-hybridized carbons (Fsp3) is 0.667. The topological polar surface area (TPSA) is 210 Å². The lowest BCUT2D eigenvalue weighted by Crippen LogP contribution is -2.33. The molecular formula is C9H19N3O7S2. The quantitative estimate of drug-likeness (QED) is 0.172. The molecule has 3 atom stereocenters. The standard InChI is InChI=1S/C6H12N2O4S2.C3H7NO3/c7-3(5(9)10)1-13-14-2-4(8)6(11)12;4-2(1-5)3(6)7/h3-4H,1-2,7-8H2,(H,9,10)(H,11,12);2,5H,1,4H2,(H,6,7). The number of nitrogens with two attached hydrogens (primary N) is 3. The molecule has 0 aliphatic carbocycles. The number of aliphatic hydroxyl groups is 1. The van der Waals surface area contributed by atoms with E-state index in [1.54, 1.807) is 0 Å². The molecule has 0 aromatic carbocycles. The minimum atomic E-state index is -1.18. The Hall–Kier alpha value is -1.05. The summed E-state index contributed by atoms with van der Waals surface area (Å²) in [6.07, 6.45) is 0. The highest BCUT2D eigenvalue weighted by molar-refractivity contribution is 8.76. The Morgan fingerprint density at radius 3 is 1.19 bits per heavy atom. The first kappa shape index (κ1) is 22.2. The van der Waals surface area contributed by atoms with Gasteiger partial charge >= 0.3 is 17.9 Å². The van der Waals surface area contributed by atoms with Crippen molar-refractivity contribution in [2.45, 2.75) is 18.1 Å². The number of rotatable bonds is 9. The Balaban J connectivity index is 0. The van der Waals surface area contributed by atoms with Crippen molar-refractivity contribution in [1.29, 1.82) is 0 Å². The van der Waals surface area contributed by atoms with Crippen LogP contribution in [0.5, 0.6) is 0 Å². The van der Waals surface area contributed by atoms with Gasteiger partial charge in [0.15, 0.2) is 0 Å². The molecule has 10 N–H and O–H groups in total. The zero-order valence-electron chi connectivity index (χ0n) is 10.9. The predicted molar refractivity (Wildman–Crippen MR) is 78.8 cm³/mol.